The summed E-state index contributed by atoms with van der Waals surface area (Å²) in [7, 11) is 2.14. The molecule has 1 fully saturated rings. The smallest absolute Gasteiger partial charge is 0.337 e. The first kappa shape index (κ1) is 22.2. The number of quaternary nitrogens is 1. The number of likely N-dealkylation sites (tertiary alicyclic amines) is 1. The van der Waals surface area contributed by atoms with Crippen LogP contribution in [-0.2, 0) is 19.1 Å². The average molecular weight is 444 g/mol. The van der Waals surface area contributed by atoms with E-state index in [1.807, 2.05) is 26.0 Å². The fourth-order valence-corrected chi connectivity index (χ4v) is 4.59. The van der Waals surface area contributed by atoms with Crippen molar-refractivity contribution in [2.45, 2.75) is 45.6 Å². The molecule has 0 spiro atoms. The molecule has 4 rings (SSSR count). The van der Waals surface area contributed by atoms with Crippen LogP contribution in [0.2, 0.25) is 0 Å². The van der Waals surface area contributed by atoms with E-state index >= 15 is 0 Å². The Morgan fingerprint density at radius 2 is 1.72 bits per heavy atom. The van der Waals surface area contributed by atoms with E-state index in [2.05, 4.69) is 12.4 Å². The van der Waals surface area contributed by atoms with Gasteiger partial charge in [-0.15, -0.1) is 0 Å². The molecule has 32 heavy (non-hydrogen) atoms. The molecule has 3 aliphatic rings. The summed E-state index contributed by atoms with van der Waals surface area (Å²) in [5.74, 6) is -0.267. The molecule has 1 atom stereocenters. The Balaban J connectivity index is 1.71. The number of hydrogen-bond donors (Lipinski definition) is 2. The monoisotopic (exact) mass is 443 g/mol. The second-order valence-corrected chi connectivity index (χ2v) is 8.53. The van der Waals surface area contributed by atoms with Gasteiger partial charge in [-0.2, -0.15) is 0 Å². The second kappa shape index (κ2) is 9.24. The van der Waals surface area contributed by atoms with Crippen LogP contribution in [0, 0.1) is 0 Å². The third kappa shape index (κ3) is 4.32. The number of esters is 2. The number of dihydropyridines is 1. The van der Waals surface area contributed by atoms with Crippen LogP contribution in [-0.4, -0.2) is 51.6 Å². The fourth-order valence-electron chi connectivity index (χ4n) is 4.59. The largest absolute Gasteiger partial charge is 0.463 e. The molecule has 3 aliphatic heterocycles. The van der Waals surface area contributed by atoms with E-state index < -0.39 is 17.9 Å². The highest BCUT2D eigenvalue weighted by atomic mass is 16.7. The lowest BCUT2D eigenvalue weighted by Crippen LogP contribution is -3.10. The van der Waals surface area contributed by atoms with Gasteiger partial charge in [0.05, 0.1) is 43.8 Å². The van der Waals surface area contributed by atoms with Gasteiger partial charge in [0, 0.05) is 24.2 Å². The SMILES string of the molecule is CCOC(=O)C1=C(C)NC(C)=C(C(=O)OC2CC[NH+](C)CC2)C1c1ccc2c(c1)OCO2. The van der Waals surface area contributed by atoms with E-state index in [1.165, 1.54) is 4.90 Å². The number of allylic oxidation sites excluding steroid dienone is 2. The summed E-state index contributed by atoms with van der Waals surface area (Å²) < 4.78 is 22.3. The lowest BCUT2D eigenvalue weighted by Gasteiger charge is -2.32. The van der Waals surface area contributed by atoms with E-state index in [0.717, 1.165) is 31.5 Å². The van der Waals surface area contributed by atoms with Gasteiger partial charge in [-0.25, -0.2) is 9.59 Å². The second-order valence-electron chi connectivity index (χ2n) is 8.53. The van der Waals surface area contributed by atoms with Crippen LogP contribution in [0.4, 0.5) is 0 Å². The van der Waals surface area contributed by atoms with E-state index in [4.69, 9.17) is 18.9 Å². The van der Waals surface area contributed by atoms with Gasteiger partial charge in [0.2, 0.25) is 6.79 Å². The summed E-state index contributed by atoms with van der Waals surface area (Å²) >= 11 is 0. The molecule has 0 aliphatic carbocycles. The van der Waals surface area contributed by atoms with Crippen LogP contribution < -0.4 is 19.7 Å². The van der Waals surface area contributed by atoms with Crippen molar-refractivity contribution in [3.63, 3.8) is 0 Å². The minimum atomic E-state index is -0.630. The molecule has 1 aromatic rings. The highest BCUT2D eigenvalue weighted by Gasteiger charge is 2.39. The number of benzene rings is 1. The minimum absolute atomic E-state index is 0.123. The van der Waals surface area contributed by atoms with Crippen molar-refractivity contribution in [3.05, 3.63) is 46.3 Å². The number of piperidine rings is 1. The quantitative estimate of drug-likeness (QED) is 0.666. The van der Waals surface area contributed by atoms with E-state index in [0.29, 0.717) is 34.0 Å². The number of carbonyl (C=O) groups excluding carboxylic acids is 2. The highest BCUT2D eigenvalue weighted by molar-refractivity contribution is 6.00. The lowest BCUT2D eigenvalue weighted by atomic mass is 9.80. The predicted octanol–water partition coefficient (Wildman–Crippen LogP) is 1.43. The Morgan fingerprint density at radius 1 is 1.06 bits per heavy atom. The number of fused-ring (bicyclic) bond motifs is 1. The normalized spacial score (nSPS) is 24.8. The maximum absolute atomic E-state index is 13.5. The molecule has 2 N–H and O–H groups in total. The Morgan fingerprint density at radius 3 is 2.41 bits per heavy atom. The molecule has 0 bridgehead atoms. The highest BCUT2D eigenvalue weighted by Crippen LogP contribution is 2.43. The number of rotatable bonds is 5. The molecule has 8 heteroatoms. The first-order chi connectivity index (χ1) is 15.4. The zero-order chi connectivity index (χ0) is 22.8. The molecule has 0 amide bonds. The van der Waals surface area contributed by atoms with Crippen LogP contribution in [0.3, 0.4) is 0 Å². The molecule has 0 aromatic heterocycles. The zero-order valence-corrected chi connectivity index (χ0v) is 19.1. The zero-order valence-electron chi connectivity index (χ0n) is 19.1. The standard InChI is InChI=1S/C24H30N2O6/c1-5-29-23(27)20-14(2)25-15(3)21(24(28)32-17-8-10-26(4)11-9-17)22(20)16-6-7-18-19(12-16)31-13-30-18/h6-7,12,17,22,25H,5,8-11,13H2,1-4H3/p+1. The van der Waals surface area contributed by atoms with Gasteiger partial charge in [0.1, 0.15) is 6.10 Å². The topological polar surface area (TPSA) is 87.5 Å². The van der Waals surface area contributed by atoms with Crippen molar-refractivity contribution >= 4 is 11.9 Å². The summed E-state index contributed by atoms with van der Waals surface area (Å²) in [5.41, 5.74) is 2.89. The molecule has 8 nitrogen and oxygen atoms in total. The number of nitrogens with one attached hydrogen (secondary N) is 2. The summed E-state index contributed by atoms with van der Waals surface area (Å²) in [6.07, 6.45) is 1.53. The molecule has 3 heterocycles. The number of hydrogen-bond acceptors (Lipinski definition) is 7. The Hall–Kier alpha value is -3.00. The molecule has 0 saturated carbocycles. The summed E-state index contributed by atoms with van der Waals surface area (Å²) in [5, 5.41) is 3.19. The van der Waals surface area contributed by atoms with Crippen molar-refractivity contribution in [3.8, 4) is 11.5 Å². The van der Waals surface area contributed by atoms with E-state index in [1.54, 1.807) is 13.0 Å². The summed E-state index contributed by atoms with van der Waals surface area (Å²) in [6.45, 7) is 7.73. The van der Waals surface area contributed by atoms with Crippen LogP contribution in [0.15, 0.2) is 40.7 Å². The molecular weight excluding hydrogens is 412 g/mol. The summed E-state index contributed by atoms with van der Waals surface area (Å²) in [6, 6.07) is 5.48. The molecular formula is C24H31N2O6+. The van der Waals surface area contributed by atoms with Crippen LogP contribution in [0.1, 0.15) is 45.1 Å². The molecule has 1 aromatic carbocycles. The molecule has 172 valence electrons. The maximum Gasteiger partial charge on any atom is 0.337 e. The van der Waals surface area contributed by atoms with E-state index in [-0.39, 0.29) is 19.5 Å². The Labute approximate surface area is 188 Å². The maximum atomic E-state index is 13.5. The first-order valence-corrected chi connectivity index (χ1v) is 11.2. The van der Waals surface area contributed by atoms with Crippen LogP contribution >= 0.6 is 0 Å². The molecule has 1 saturated heterocycles. The third-order valence-corrected chi connectivity index (χ3v) is 6.27. The lowest BCUT2D eigenvalue weighted by molar-refractivity contribution is -0.885. The van der Waals surface area contributed by atoms with Crippen molar-refractivity contribution in [1.82, 2.24) is 5.32 Å². The van der Waals surface area contributed by atoms with Gasteiger partial charge in [-0.05, 0) is 38.5 Å². The fraction of sp³-hybridized carbons (Fsp3) is 0.500. The number of carbonyl (C=O) groups is 2. The van der Waals surface area contributed by atoms with Gasteiger partial charge in [0.25, 0.3) is 0 Å². The third-order valence-electron chi connectivity index (χ3n) is 6.27. The predicted molar refractivity (Wildman–Crippen MR) is 116 cm³/mol. The Kier molecular flexibility index (Phi) is 6.41. The molecule has 0 radical (unpaired) electrons. The van der Waals surface area contributed by atoms with Crippen molar-refractivity contribution in [2.75, 3.05) is 33.5 Å². The summed E-state index contributed by atoms with van der Waals surface area (Å²) in [4.78, 5) is 27.9. The van der Waals surface area contributed by atoms with Gasteiger partial charge < -0.3 is 29.2 Å². The van der Waals surface area contributed by atoms with Crippen molar-refractivity contribution < 1.29 is 33.4 Å². The van der Waals surface area contributed by atoms with Gasteiger partial charge in [0.15, 0.2) is 11.5 Å². The van der Waals surface area contributed by atoms with Crippen molar-refractivity contribution in [1.29, 1.82) is 0 Å². The van der Waals surface area contributed by atoms with Gasteiger partial charge >= 0.3 is 11.9 Å². The van der Waals surface area contributed by atoms with Gasteiger partial charge in [-0.1, -0.05) is 6.07 Å². The minimum Gasteiger partial charge on any atom is -0.463 e. The van der Waals surface area contributed by atoms with Crippen LogP contribution in [0.25, 0.3) is 0 Å². The van der Waals surface area contributed by atoms with Crippen LogP contribution in [0.5, 0.6) is 11.5 Å². The average Bonchev–Trinajstić information content (AvgIpc) is 3.22. The first-order valence-electron chi connectivity index (χ1n) is 11.2. The Bertz CT molecular complexity index is 975. The van der Waals surface area contributed by atoms with E-state index in [9.17, 15) is 9.59 Å². The number of ether oxygens (including phenoxy) is 4. The van der Waals surface area contributed by atoms with Gasteiger partial charge in [-0.3, -0.25) is 0 Å². The van der Waals surface area contributed by atoms with Crippen molar-refractivity contribution in [2.24, 2.45) is 0 Å². The molecule has 1 unspecified atom stereocenters.